The van der Waals surface area contributed by atoms with Crippen molar-refractivity contribution in [3.05, 3.63) is 158 Å². The van der Waals surface area contributed by atoms with E-state index in [0.29, 0.717) is 42.9 Å². The van der Waals surface area contributed by atoms with Gasteiger partial charge in [-0.15, -0.1) is 34.0 Å². The number of fused-ring (bicyclic) bond motifs is 9. The van der Waals surface area contributed by atoms with E-state index in [-0.39, 0.29) is 23.5 Å². The molecule has 4 heterocycles. The molecule has 0 fully saturated rings. The predicted molar refractivity (Wildman–Crippen MR) is 225 cm³/mol. The smallest absolute Gasteiger partial charge is 0.419 e. The second kappa shape index (κ2) is 12.3. The molecule has 10 aromatic rings. The van der Waals surface area contributed by atoms with Crippen molar-refractivity contribution in [1.82, 2.24) is 4.57 Å². The van der Waals surface area contributed by atoms with Gasteiger partial charge in [-0.05, 0) is 69.1 Å². The standard InChI is InChI=1S/C44H23N3O6S3/c48-37-26-14-22-10-4-5-11-23(22)15-27(26)38(49)34(37)45-32-18-30-41(55-32)43-36(47(30)44(52)53-20-21-8-2-1-3-9-21)42-31(54-43)19-33(56-42)46-35-39(50)28-16-24-12-6-7-13-25(24)17-29(28)40(35)51/h1-19,37,48H,20H2/b45-34+. The number of carbonyl (C=O) groups excluding carboxylic acids is 2. The van der Waals surface area contributed by atoms with Gasteiger partial charge in [0.2, 0.25) is 16.6 Å². The first-order valence-electron chi connectivity index (χ1n) is 17.6. The number of aliphatic hydroxyl groups excluding tert-OH is 1. The van der Waals surface area contributed by atoms with Gasteiger partial charge in [-0.1, -0.05) is 78.9 Å². The number of thiophene rings is 3. The van der Waals surface area contributed by atoms with Crippen molar-refractivity contribution in [2.75, 3.05) is 0 Å². The molecule has 0 spiro atoms. The number of aromatic nitrogens is 1. The van der Waals surface area contributed by atoms with E-state index in [0.717, 1.165) is 45.9 Å². The molecule has 11 rings (SSSR count). The minimum Gasteiger partial charge on any atom is -0.444 e. The summed E-state index contributed by atoms with van der Waals surface area (Å²) in [7, 11) is 0. The third-order valence-corrected chi connectivity index (χ3v) is 13.8. The van der Waals surface area contributed by atoms with Crippen LogP contribution >= 0.6 is 34.0 Å². The van der Waals surface area contributed by atoms with E-state index in [1.165, 1.54) is 38.6 Å². The van der Waals surface area contributed by atoms with Crippen LogP contribution in [0.15, 0.2) is 135 Å². The van der Waals surface area contributed by atoms with Gasteiger partial charge in [-0.2, -0.15) is 0 Å². The molecule has 4 aromatic heterocycles. The molecule has 1 unspecified atom stereocenters. The number of hydrogen-bond acceptors (Lipinski definition) is 11. The summed E-state index contributed by atoms with van der Waals surface area (Å²) in [4.78, 5) is 64.0. The van der Waals surface area contributed by atoms with E-state index in [2.05, 4.69) is 4.99 Å². The van der Waals surface area contributed by atoms with Crippen LogP contribution in [0.4, 0.5) is 14.8 Å². The number of hydrogen-bond donors (Lipinski definition) is 1. The normalized spacial score (nSPS) is 15.1. The Morgan fingerprint density at radius 3 is 1.98 bits per heavy atom. The minimum absolute atomic E-state index is 0.0239. The highest BCUT2D eigenvalue weighted by molar-refractivity contribution is 7.37. The molecular weight excluding hydrogens is 763 g/mol. The first-order valence-corrected chi connectivity index (χ1v) is 20.0. The van der Waals surface area contributed by atoms with Crippen molar-refractivity contribution in [3.63, 3.8) is 0 Å². The van der Waals surface area contributed by atoms with Crippen LogP contribution in [0.5, 0.6) is 0 Å². The SMILES string of the molecule is O=C1/C(=N/c2cc3c(s2)c2sc4cc(N=c5c(=O)c6cc7ccccc7cc6c5=O)sc4c2n3C(=O)OCc2ccccc2)C(O)c2cc3ccccc3cc21. The van der Waals surface area contributed by atoms with E-state index in [4.69, 9.17) is 9.73 Å². The molecule has 0 saturated carbocycles. The fourth-order valence-electron chi connectivity index (χ4n) is 7.63. The minimum atomic E-state index is -1.20. The molecule has 6 aromatic carbocycles. The van der Waals surface area contributed by atoms with Crippen LogP contribution in [0.1, 0.15) is 27.6 Å². The van der Waals surface area contributed by atoms with Gasteiger partial charge >= 0.3 is 6.09 Å². The Kier molecular flexibility index (Phi) is 7.23. The molecule has 0 saturated heterocycles. The van der Waals surface area contributed by atoms with Crippen LogP contribution in [0.3, 0.4) is 0 Å². The Morgan fingerprint density at radius 1 is 0.679 bits per heavy atom. The molecule has 1 aliphatic rings. The molecule has 1 atom stereocenters. The number of carbonyl (C=O) groups is 2. The zero-order chi connectivity index (χ0) is 37.8. The van der Waals surface area contributed by atoms with E-state index in [1.54, 1.807) is 24.3 Å². The zero-order valence-electron chi connectivity index (χ0n) is 28.8. The number of ketones is 1. The fraction of sp³-hybridized carbons (Fsp3) is 0.0455. The number of aliphatic hydroxyl groups is 1. The Morgan fingerprint density at radius 2 is 1.29 bits per heavy atom. The zero-order valence-corrected chi connectivity index (χ0v) is 31.3. The second-order valence-electron chi connectivity index (χ2n) is 13.6. The summed E-state index contributed by atoms with van der Waals surface area (Å²) in [6.45, 7) is 0.0455. The Labute approximate surface area is 326 Å². The lowest BCUT2D eigenvalue weighted by atomic mass is 10.0. The molecule has 0 amide bonds. The monoisotopic (exact) mass is 785 g/mol. The first kappa shape index (κ1) is 32.9. The van der Waals surface area contributed by atoms with Gasteiger partial charge in [0.25, 0.3) is 0 Å². The maximum Gasteiger partial charge on any atom is 0.419 e. The summed E-state index contributed by atoms with van der Waals surface area (Å²) >= 11 is 4.05. The quantitative estimate of drug-likeness (QED) is 0.189. The summed E-state index contributed by atoms with van der Waals surface area (Å²) < 4.78 is 10.5. The van der Waals surface area contributed by atoms with Crippen molar-refractivity contribution in [2.45, 2.75) is 12.7 Å². The highest BCUT2D eigenvalue weighted by Crippen LogP contribution is 2.50. The largest absolute Gasteiger partial charge is 0.444 e. The van der Waals surface area contributed by atoms with Gasteiger partial charge in [-0.25, -0.2) is 19.3 Å². The van der Waals surface area contributed by atoms with Crippen LogP contribution < -0.4 is 16.2 Å². The molecule has 9 nitrogen and oxygen atoms in total. The van der Waals surface area contributed by atoms with Gasteiger partial charge in [0.1, 0.15) is 28.4 Å². The van der Waals surface area contributed by atoms with Crippen molar-refractivity contribution < 1.29 is 19.4 Å². The third-order valence-electron chi connectivity index (χ3n) is 10.3. The van der Waals surface area contributed by atoms with Crippen molar-refractivity contribution in [3.8, 4) is 0 Å². The average molecular weight is 786 g/mol. The van der Waals surface area contributed by atoms with Crippen molar-refractivity contribution in [2.24, 2.45) is 9.98 Å². The fourth-order valence-corrected chi connectivity index (χ4v) is 11.3. The maximum absolute atomic E-state index is 14.1. The molecule has 0 bridgehead atoms. The van der Waals surface area contributed by atoms with Gasteiger partial charge in [0.05, 0.1) is 29.8 Å². The molecule has 268 valence electrons. The summed E-state index contributed by atoms with van der Waals surface area (Å²) in [6, 6.07) is 35.3. The number of ether oxygens (including phenoxy) is 1. The summed E-state index contributed by atoms with van der Waals surface area (Å²) in [5.74, 6) is -0.340. The molecule has 1 aliphatic carbocycles. The van der Waals surface area contributed by atoms with E-state index >= 15 is 0 Å². The first-order chi connectivity index (χ1) is 27.3. The lowest BCUT2D eigenvalue weighted by molar-refractivity contribution is 0.106. The number of rotatable bonds is 4. The summed E-state index contributed by atoms with van der Waals surface area (Å²) in [5, 5.41) is 16.3. The van der Waals surface area contributed by atoms with Crippen LogP contribution in [0, 0.1) is 0 Å². The predicted octanol–water partition coefficient (Wildman–Crippen LogP) is 9.61. The van der Waals surface area contributed by atoms with Crippen LogP contribution in [0.25, 0.3) is 62.2 Å². The maximum atomic E-state index is 14.1. The Balaban J connectivity index is 1.04. The Bertz CT molecular complexity index is 3480. The van der Waals surface area contributed by atoms with Crippen LogP contribution in [-0.4, -0.2) is 27.3 Å². The summed E-state index contributed by atoms with van der Waals surface area (Å²) in [6.07, 6.45) is -1.80. The number of aliphatic imine (C=N–C) groups is 1. The van der Waals surface area contributed by atoms with Gasteiger partial charge in [0, 0.05) is 16.3 Å². The number of nitrogens with zero attached hydrogens (tertiary/aromatic N) is 3. The Hall–Kier alpha value is -6.44. The average Bonchev–Trinajstić information content (AvgIpc) is 4.04. The van der Waals surface area contributed by atoms with Crippen molar-refractivity contribution in [1.29, 1.82) is 0 Å². The van der Waals surface area contributed by atoms with E-state index in [1.807, 2.05) is 91.0 Å². The van der Waals surface area contributed by atoms with Crippen LogP contribution in [-0.2, 0) is 11.3 Å². The lowest BCUT2D eigenvalue weighted by Crippen LogP contribution is -2.31. The third kappa shape index (κ3) is 4.93. The topological polar surface area (TPSA) is 127 Å². The highest BCUT2D eigenvalue weighted by Gasteiger charge is 2.36. The summed E-state index contributed by atoms with van der Waals surface area (Å²) in [5.41, 5.74) is 2.12. The second-order valence-corrected chi connectivity index (χ2v) is 16.7. The molecular formula is C44H23N3O6S3. The molecule has 0 aliphatic heterocycles. The van der Waals surface area contributed by atoms with Crippen LogP contribution in [0.2, 0.25) is 0 Å². The molecule has 0 radical (unpaired) electrons. The van der Waals surface area contributed by atoms with E-state index in [9.17, 15) is 24.3 Å². The number of benzene rings is 5. The molecule has 12 heteroatoms. The number of Topliss-reactive ketones (excluding diaryl/α,β-unsaturated/α-hetero) is 1. The van der Waals surface area contributed by atoms with Gasteiger partial charge in [-0.3, -0.25) is 14.4 Å². The van der Waals surface area contributed by atoms with Crippen molar-refractivity contribution >= 4 is 124 Å². The molecule has 1 N–H and O–H groups in total. The molecule has 56 heavy (non-hydrogen) atoms. The lowest BCUT2D eigenvalue weighted by Gasteiger charge is -2.07. The van der Waals surface area contributed by atoms with Gasteiger partial charge in [0.15, 0.2) is 5.36 Å². The van der Waals surface area contributed by atoms with Gasteiger partial charge < -0.3 is 9.84 Å². The van der Waals surface area contributed by atoms with E-state index < -0.39 is 23.1 Å². The highest BCUT2D eigenvalue weighted by atomic mass is 32.1.